The van der Waals surface area contributed by atoms with Crippen molar-refractivity contribution in [3.05, 3.63) is 0 Å². The lowest BCUT2D eigenvalue weighted by Gasteiger charge is -2.27. The average Bonchev–Trinajstić information content (AvgIpc) is 1.92. The van der Waals surface area contributed by atoms with Gasteiger partial charge >= 0.3 is 6.03 Å². The molecule has 15 heavy (non-hydrogen) atoms. The molecule has 1 atom stereocenters. The highest BCUT2D eigenvalue weighted by molar-refractivity contribution is 7.90. The summed E-state index contributed by atoms with van der Waals surface area (Å²) in [4.78, 5) is 11.3. The SMILES string of the molecule is CC(CS(C)(=O)=O)NC(=O)NC1CCC1. The van der Waals surface area contributed by atoms with Gasteiger partial charge in [0.2, 0.25) is 0 Å². The predicted octanol–water partition coefficient (Wildman–Crippen LogP) is 0.271. The van der Waals surface area contributed by atoms with Gasteiger partial charge in [-0.05, 0) is 26.2 Å². The fourth-order valence-corrected chi connectivity index (χ4v) is 2.49. The van der Waals surface area contributed by atoms with Crippen molar-refractivity contribution in [2.24, 2.45) is 0 Å². The molecule has 2 N–H and O–H groups in total. The highest BCUT2D eigenvalue weighted by Crippen LogP contribution is 2.17. The van der Waals surface area contributed by atoms with Gasteiger partial charge in [-0.2, -0.15) is 0 Å². The molecule has 5 nitrogen and oxygen atoms in total. The topological polar surface area (TPSA) is 75.3 Å². The van der Waals surface area contributed by atoms with Crippen LogP contribution in [0.3, 0.4) is 0 Å². The molecule has 0 spiro atoms. The quantitative estimate of drug-likeness (QED) is 0.733. The molecule has 1 rings (SSSR count). The van der Waals surface area contributed by atoms with Crippen LogP contribution in [0.2, 0.25) is 0 Å². The zero-order valence-corrected chi connectivity index (χ0v) is 9.93. The molecule has 2 amide bonds. The summed E-state index contributed by atoms with van der Waals surface area (Å²) < 4.78 is 21.9. The third-order valence-corrected chi connectivity index (χ3v) is 3.48. The van der Waals surface area contributed by atoms with Crippen LogP contribution in [0.15, 0.2) is 0 Å². The van der Waals surface area contributed by atoms with E-state index in [1.54, 1.807) is 6.92 Å². The molecule has 6 heteroatoms. The maximum absolute atomic E-state index is 11.3. The Bertz CT molecular complexity index is 322. The van der Waals surface area contributed by atoms with Crippen LogP contribution in [0.4, 0.5) is 4.79 Å². The molecule has 0 saturated heterocycles. The molecular formula is C9H18N2O3S. The number of rotatable bonds is 4. The lowest BCUT2D eigenvalue weighted by molar-refractivity contribution is 0.226. The van der Waals surface area contributed by atoms with Crippen molar-refractivity contribution >= 4 is 15.9 Å². The Morgan fingerprint density at radius 3 is 2.47 bits per heavy atom. The van der Waals surface area contributed by atoms with Crippen molar-refractivity contribution in [1.29, 1.82) is 0 Å². The molecular weight excluding hydrogens is 216 g/mol. The Morgan fingerprint density at radius 2 is 2.07 bits per heavy atom. The molecule has 0 aliphatic heterocycles. The molecule has 1 fully saturated rings. The molecule has 0 aromatic heterocycles. The normalized spacial score (nSPS) is 19.1. The van der Waals surface area contributed by atoms with E-state index in [4.69, 9.17) is 0 Å². The van der Waals surface area contributed by atoms with Gasteiger partial charge in [0.1, 0.15) is 9.84 Å². The predicted molar refractivity (Wildman–Crippen MR) is 58.5 cm³/mol. The molecule has 1 aliphatic rings. The van der Waals surface area contributed by atoms with Crippen molar-refractivity contribution in [1.82, 2.24) is 10.6 Å². The van der Waals surface area contributed by atoms with E-state index >= 15 is 0 Å². The first-order valence-corrected chi connectivity index (χ1v) is 7.17. The minimum absolute atomic E-state index is 0.0227. The van der Waals surface area contributed by atoms with Gasteiger partial charge in [-0.25, -0.2) is 13.2 Å². The molecule has 1 unspecified atom stereocenters. The lowest BCUT2D eigenvalue weighted by Crippen LogP contribution is -2.49. The molecule has 0 radical (unpaired) electrons. The molecule has 0 aromatic carbocycles. The first-order chi connectivity index (χ1) is 6.87. The molecule has 1 aliphatic carbocycles. The second-order valence-corrected chi connectivity index (χ2v) is 6.42. The second-order valence-electron chi connectivity index (χ2n) is 4.24. The van der Waals surface area contributed by atoms with Crippen LogP contribution in [0.1, 0.15) is 26.2 Å². The van der Waals surface area contributed by atoms with E-state index in [1.165, 1.54) is 0 Å². The number of carbonyl (C=O) groups is 1. The summed E-state index contributed by atoms with van der Waals surface area (Å²) in [6.07, 6.45) is 4.36. The minimum atomic E-state index is -3.03. The maximum atomic E-state index is 11.3. The number of nitrogens with one attached hydrogen (secondary N) is 2. The second kappa shape index (κ2) is 4.83. The van der Waals surface area contributed by atoms with Crippen molar-refractivity contribution in [2.75, 3.05) is 12.0 Å². The van der Waals surface area contributed by atoms with Gasteiger partial charge in [-0.3, -0.25) is 0 Å². The van der Waals surface area contributed by atoms with Crippen molar-refractivity contribution in [3.63, 3.8) is 0 Å². The zero-order valence-electron chi connectivity index (χ0n) is 9.12. The molecule has 0 bridgehead atoms. The van der Waals surface area contributed by atoms with E-state index in [1.807, 2.05) is 0 Å². The van der Waals surface area contributed by atoms with E-state index in [0.717, 1.165) is 25.5 Å². The van der Waals surface area contributed by atoms with Gasteiger partial charge in [0, 0.05) is 18.3 Å². The molecule has 0 heterocycles. The standard InChI is InChI=1S/C9H18N2O3S/c1-7(6-15(2,13)14)10-9(12)11-8-4-3-5-8/h7-8H,3-6H2,1-2H3,(H2,10,11,12). The summed E-state index contributed by atoms with van der Waals surface area (Å²) in [7, 11) is -3.03. The first-order valence-electron chi connectivity index (χ1n) is 5.11. The van der Waals surface area contributed by atoms with Gasteiger partial charge in [0.05, 0.1) is 5.75 Å². The van der Waals surface area contributed by atoms with Crippen LogP contribution in [0.5, 0.6) is 0 Å². The Balaban J connectivity index is 2.24. The molecule has 1 saturated carbocycles. The highest BCUT2D eigenvalue weighted by atomic mass is 32.2. The Kier molecular flexibility index (Phi) is 3.96. The number of amides is 2. The summed E-state index contributed by atoms with van der Waals surface area (Å²) in [5.74, 6) is -0.0227. The Hall–Kier alpha value is -0.780. The number of hydrogen-bond acceptors (Lipinski definition) is 3. The van der Waals surface area contributed by atoms with E-state index in [2.05, 4.69) is 10.6 Å². The highest BCUT2D eigenvalue weighted by Gasteiger charge is 2.20. The summed E-state index contributed by atoms with van der Waals surface area (Å²) in [6.45, 7) is 1.68. The van der Waals surface area contributed by atoms with E-state index < -0.39 is 9.84 Å². The lowest BCUT2D eigenvalue weighted by atomic mass is 9.93. The number of urea groups is 1. The van der Waals surface area contributed by atoms with Gasteiger partial charge in [-0.1, -0.05) is 0 Å². The van der Waals surface area contributed by atoms with E-state index in [0.29, 0.717) is 0 Å². The summed E-state index contributed by atoms with van der Waals surface area (Å²) >= 11 is 0. The van der Waals surface area contributed by atoms with Crippen LogP contribution in [0, 0.1) is 0 Å². The third-order valence-electron chi connectivity index (χ3n) is 2.37. The van der Waals surface area contributed by atoms with Gasteiger partial charge in [0.15, 0.2) is 0 Å². The van der Waals surface area contributed by atoms with Gasteiger partial charge in [0.25, 0.3) is 0 Å². The molecule has 0 aromatic rings. The van der Waals surface area contributed by atoms with Crippen molar-refractivity contribution < 1.29 is 13.2 Å². The van der Waals surface area contributed by atoms with Crippen LogP contribution < -0.4 is 10.6 Å². The summed E-state index contributed by atoms with van der Waals surface area (Å²) in [5, 5.41) is 5.39. The van der Waals surface area contributed by atoms with Crippen molar-refractivity contribution in [3.8, 4) is 0 Å². The summed E-state index contributed by atoms with van der Waals surface area (Å²) in [6, 6.07) is -0.341. The fourth-order valence-electron chi connectivity index (χ4n) is 1.50. The minimum Gasteiger partial charge on any atom is -0.335 e. The smallest absolute Gasteiger partial charge is 0.315 e. The first kappa shape index (κ1) is 12.3. The third kappa shape index (κ3) is 5.01. The van der Waals surface area contributed by atoms with Crippen LogP contribution in [-0.2, 0) is 9.84 Å². The summed E-state index contributed by atoms with van der Waals surface area (Å²) in [5.41, 5.74) is 0. The van der Waals surface area contributed by atoms with Crippen LogP contribution in [-0.4, -0.2) is 38.5 Å². The number of hydrogen-bond donors (Lipinski definition) is 2. The average molecular weight is 234 g/mol. The Labute approximate surface area is 90.5 Å². The van der Waals surface area contributed by atoms with E-state index in [9.17, 15) is 13.2 Å². The van der Waals surface area contributed by atoms with Gasteiger partial charge < -0.3 is 10.6 Å². The van der Waals surface area contributed by atoms with E-state index in [-0.39, 0.29) is 23.9 Å². The zero-order chi connectivity index (χ0) is 11.5. The largest absolute Gasteiger partial charge is 0.335 e. The fraction of sp³-hybridized carbons (Fsp3) is 0.889. The Morgan fingerprint density at radius 1 is 1.47 bits per heavy atom. The molecule has 88 valence electrons. The maximum Gasteiger partial charge on any atom is 0.315 e. The van der Waals surface area contributed by atoms with Gasteiger partial charge in [-0.15, -0.1) is 0 Å². The van der Waals surface area contributed by atoms with Crippen LogP contribution >= 0.6 is 0 Å². The van der Waals surface area contributed by atoms with Crippen molar-refractivity contribution in [2.45, 2.75) is 38.3 Å². The number of carbonyl (C=O) groups excluding carboxylic acids is 1. The monoisotopic (exact) mass is 234 g/mol. The van der Waals surface area contributed by atoms with Crippen LogP contribution in [0.25, 0.3) is 0 Å². The number of sulfone groups is 1.